The number of alkyl halides is 2. The number of rotatable bonds is 5. The molecule has 0 atom stereocenters. The van der Waals surface area contributed by atoms with Gasteiger partial charge in [0.1, 0.15) is 0 Å². The lowest BCUT2D eigenvalue weighted by Crippen LogP contribution is -2.07. The van der Waals surface area contributed by atoms with E-state index in [9.17, 15) is 17.6 Å². The van der Waals surface area contributed by atoms with E-state index in [2.05, 4.69) is 35.0 Å². The minimum Gasteiger partial charge on any atom is -0.415 e. The van der Waals surface area contributed by atoms with E-state index in [-0.39, 0.29) is 17.9 Å². The van der Waals surface area contributed by atoms with Crippen LogP contribution in [0.5, 0.6) is 0 Å². The number of benzene rings is 2. The van der Waals surface area contributed by atoms with Gasteiger partial charge in [0.05, 0.1) is 23.1 Å². The van der Waals surface area contributed by atoms with Crippen molar-refractivity contribution in [1.29, 1.82) is 0 Å². The summed E-state index contributed by atoms with van der Waals surface area (Å²) in [5.74, 6) is -3.49. The number of aromatic nitrogens is 8. The van der Waals surface area contributed by atoms with Crippen LogP contribution >= 0.6 is 0 Å². The molecular formula is C19H13F4N9O. The lowest BCUT2D eigenvalue weighted by molar-refractivity contribution is 0.116. The van der Waals surface area contributed by atoms with Crippen molar-refractivity contribution in [3.8, 4) is 22.8 Å². The Morgan fingerprint density at radius 1 is 1.06 bits per heavy atom. The number of hydrogen-bond acceptors (Lipinski definition) is 8. The molecule has 2 aromatic carbocycles. The second-order valence-corrected chi connectivity index (χ2v) is 7.02. The van der Waals surface area contributed by atoms with E-state index < -0.39 is 35.4 Å². The highest BCUT2D eigenvalue weighted by Crippen LogP contribution is 2.28. The molecule has 0 fully saturated rings. The highest BCUT2D eigenvalue weighted by Gasteiger charge is 2.22. The van der Waals surface area contributed by atoms with Gasteiger partial charge < -0.3 is 14.7 Å². The fourth-order valence-electron chi connectivity index (χ4n) is 3.24. The topological polar surface area (TPSA) is 126 Å². The van der Waals surface area contributed by atoms with Gasteiger partial charge in [-0.3, -0.25) is 0 Å². The zero-order valence-corrected chi connectivity index (χ0v) is 16.7. The van der Waals surface area contributed by atoms with Gasteiger partial charge in [-0.05, 0) is 29.5 Å². The quantitative estimate of drug-likeness (QED) is 0.397. The molecule has 0 bridgehead atoms. The molecule has 14 heteroatoms. The maximum atomic E-state index is 14.6. The number of fused-ring (bicyclic) bond motifs is 1. The number of hydrogen-bond donors (Lipinski definition) is 1. The average Bonchev–Trinajstić information content (AvgIpc) is 3.52. The molecule has 10 nitrogen and oxygen atoms in total. The predicted octanol–water partition coefficient (Wildman–Crippen LogP) is 3.12. The number of anilines is 1. The van der Waals surface area contributed by atoms with Gasteiger partial charge in [0, 0.05) is 18.2 Å². The molecule has 5 aromatic rings. The Morgan fingerprint density at radius 2 is 1.88 bits per heavy atom. The fourth-order valence-corrected chi connectivity index (χ4v) is 3.24. The predicted molar refractivity (Wildman–Crippen MR) is 106 cm³/mol. The van der Waals surface area contributed by atoms with Crippen molar-refractivity contribution in [1.82, 2.24) is 40.0 Å². The summed E-state index contributed by atoms with van der Waals surface area (Å²) in [4.78, 5) is 5.34. The first-order valence-electron chi connectivity index (χ1n) is 9.40. The fraction of sp³-hybridized carbons (Fsp3) is 0.158. The molecule has 0 aliphatic rings. The number of nitrogens with two attached hydrogens (primary N) is 1. The molecule has 3 aromatic heterocycles. The monoisotopic (exact) mass is 459 g/mol. The number of imidazole rings is 1. The van der Waals surface area contributed by atoms with Gasteiger partial charge in [0.2, 0.25) is 11.8 Å². The minimum atomic E-state index is -3.03. The third kappa shape index (κ3) is 3.54. The van der Waals surface area contributed by atoms with Crippen LogP contribution in [-0.2, 0) is 13.6 Å². The average molecular weight is 459 g/mol. The van der Waals surface area contributed by atoms with Crippen molar-refractivity contribution >= 4 is 17.0 Å². The molecule has 3 heterocycles. The van der Waals surface area contributed by atoms with Crippen LogP contribution in [0.2, 0.25) is 0 Å². The molecule has 5 rings (SSSR count). The molecule has 0 aliphatic carbocycles. The Balaban J connectivity index is 1.40. The number of nitrogen functional groups attached to an aromatic ring is 1. The summed E-state index contributed by atoms with van der Waals surface area (Å²) in [6.45, 7) is -0.235. The Kier molecular flexibility index (Phi) is 4.76. The van der Waals surface area contributed by atoms with Crippen LogP contribution in [0.4, 0.5) is 23.5 Å². The van der Waals surface area contributed by atoms with Crippen LogP contribution < -0.4 is 5.73 Å². The number of tetrazole rings is 1. The molecule has 33 heavy (non-hydrogen) atoms. The maximum Gasteiger partial charge on any atom is 0.314 e. The van der Waals surface area contributed by atoms with Crippen LogP contribution in [0.1, 0.15) is 17.9 Å². The summed E-state index contributed by atoms with van der Waals surface area (Å²) < 4.78 is 60.8. The molecule has 0 amide bonds. The first-order valence-corrected chi connectivity index (χ1v) is 9.40. The molecule has 0 radical (unpaired) electrons. The molecule has 2 N–H and O–H groups in total. The molecule has 0 aliphatic heterocycles. The zero-order valence-electron chi connectivity index (χ0n) is 16.7. The largest absolute Gasteiger partial charge is 0.415 e. The van der Waals surface area contributed by atoms with Crippen LogP contribution in [0, 0.1) is 11.6 Å². The van der Waals surface area contributed by atoms with Crippen LogP contribution in [-0.4, -0.2) is 40.0 Å². The Labute approximate surface area is 181 Å². The third-order valence-electron chi connectivity index (χ3n) is 4.96. The summed E-state index contributed by atoms with van der Waals surface area (Å²) in [5, 5.41) is 18.5. The van der Waals surface area contributed by atoms with Crippen molar-refractivity contribution in [3.05, 3.63) is 53.4 Å². The van der Waals surface area contributed by atoms with Crippen LogP contribution in [0.15, 0.2) is 34.7 Å². The summed E-state index contributed by atoms with van der Waals surface area (Å²) in [6, 6.07) is 7.69. The van der Waals surface area contributed by atoms with E-state index >= 15 is 0 Å². The van der Waals surface area contributed by atoms with Crippen molar-refractivity contribution in [3.63, 3.8) is 0 Å². The molecule has 0 saturated carbocycles. The Bertz CT molecular complexity index is 1490. The first kappa shape index (κ1) is 20.5. The lowest BCUT2D eigenvalue weighted by atomic mass is 10.1. The van der Waals surface area contributed by atoms with E-state index in [1.807, 2.05) is 0 Å². The number of nitrogens with zero attached hydrogens (tertiary/aromatic N) is 8. The second-order valence-electron chi connectivity index (χ2n) is 7.02. The van der Waals surface area contributed by atoms with Gasteiger partial charge in [-0.25, -0.2) is 13.8 Å². The lowest BCUT2D eigenvalue weighted by Gasteiger charge is -2.05. The molecule has 0 spiro atoms. The zero-order chi connectivity index (χ0) is 23.3. The van der Waals surface area contributed by atoms with Gasteiger partial charge in [0.25, 0.3) is 11.8 Å². The normalized spacial score (nSPS) is 11.7. The van der Waals surface area contributed by atoms with Gasteiger partial charge >= 0.3 is 6.43 Å². The van der Waals surface area contributed by atoms with E-state index in [0.717, 1.165) is 16.4 Å². The smallest absolute Gasteiger partial charge is 0.314 e. The van der Waals surface area contributed by atoms with Crippen LogP contribution in [0.3, 0.4) is 0 Å². The molecule has 0 saturated heterocycles. The maximum absolute atomic E-state index is 14.6. The first-order chi connectivity index (χ1) is 15.8. The van der Waals surface area contributed by atoms with E-state index in [0.29, 0.717) is 17.0 Å². The van der Waals surface area contributed by atoms with E-state index in [1.54, 1.807) is 29.8 Å². The van der Waals surface area contributed by atoms with Crippen molar-refractivity contribution in [2.45, 2.75) is 13.0 Å². The number of aryl methyl sites for hydroxylation is 1. The molecule has 168 valence electrons. The number of halogens is 4. The standard InChI is InChI=1S/C19H13F4N9O/c1-31-12-5-3-8(6-11(12)25-19(31)24)16-26-30-32(29-16)7-9-2-4-10(14(21)13(9)20)17-27-28-18(33-17)15(22)23/h2-6,15H,7H2,1H3,(H2,24,25). The second kappa shape index (κ2) is 7.65. The highest BCUT2D eigenvalue weighted by molar-refractivity contribution is 5.82. The minimum absolute atomic E-state index is 0.0956. The van der Waals surface area contributed by atoms with E-state index in [1.165, 1.54) is 6.07 Å². The summed E-state index contributed by atoms with van der Waals surface area (Å²) in [7, 11) is 1.79. The SMILES string of the molecule is Cn1c(N)nc2cc(-c3nnn(Cc4ccc(-c5nnc(C(F)F)o5)c(F)c4F)n3)ccc21. The van der Waals surface area contributed by atoms with Crippen molar-refractivity contribution in [2.24, 2.45) is 7.05 Å². The molecule has 0 unspecified atom stereocenters. The van der Waals surface area contributed by atoms with Gasteiger partial charge in [-0.1, -0.05) is 6.07 Å². The highest BCUT2D eigenvalue weighted by atomic mass is 19.3. The summed E-state index contributed by atoms with van der Waals surface area (Å²) >= 11 is 0. The molecular weight excluding hydrogens is 446 g/mol. The van der Waals surface area contributed by atoms with Crippen molar-refractivity contribution in [2.75, 3.05) is 5.73 Å². The Morgan fingerprint density at radius 3 is 2.64 bits per heavy atom. The summed E-state index contributed by atoms with van der Waals surface area (Å²) in [6.07, 6.45) is -3.03. The van der Waals surface area contributed by atoms with Crippen LogP contribution in [0.25, 0.3) is 33.9 Å². The summed E-state index contributed by atoms with van der Waals surface area (Å²) in [5.41, 5.74) is 7.35. The van der Waals surface area contributed by atoms with Gasteiger partial charge in [-0.15, -0.1) is 20.4 Å². The van der Waals surface area contributed by atoms with E-state index in [4.69, 9.17) is 5.73 Å². The van der Waals surface area contributed by atoms with Crippen molar-refractivity contribution < 1.29 is 22.0 Å². The van der Waals surface area contributed by atoms with Gasteiger partial charge in [-0.2, -0.15) is 13.6 Å². The third-order valence-corrected chi connectivity index (χ3v) is 4.96. The van der Waals surface area contributed by atoms with Gasteiger partial charge in [0.15, 0.2) is 11.6 Å². The Hall–Kier alpha value is -4.36.